The molecular weight excluding hydrogens is 324 g/mol. The summed E-state index contributed by atoms with van der Waals surface area (Å²) in [6, 6.07) is 15.6. The summed E-state index contributed by atoms with van der Waals surface area (Å²) in [6.07, 6.45) is 4.83. The fourth-order valence-electron chi connectivity index (χ4n) is 3.50. The monoisotopic (exact) mass is 352 g/mol. The number of amides is 1. The topological polar surface area (TPSA) is 52.6 Å². The maximum Gasteiger partial charge on any atom is 0.220 e. The molecule has 0 radical (unpaired) electrons. The predicted molar refractivity (Wildman–Crippen MR) is 104 cm³/mol. The number of nitrogens with zero attached hydrogens (tertiary/aromatic N) is 1. The number of phenolic OH excluding ortho intramolecular Hbond substituents is 1. The number of hydrogen-bond acceptors (Lipinski definition) is 3. The van der Waals surface area contributed by atoms with Crippen molar-refractivity contribution in [3.63, 3.8) is 0 Å². The van der Waals surface area contributed by atoms with Crippen molar-refractivity contribution in [3.8, 4) is 5.75 Å². The Morgan fingerprint density at radius 2 is 1.58 bits per heavy atom. The molecule has 1 heterocycles. The summed E-state index contributed by atoms with van der Waals surface area (Å²) in [5.41, 5.74) is 3.30. The van der Waals surface area contributed by atoms with Gasteiger partial charge in [-0.3, -0.25) is 9.69 Å². The zero-order valence-corrected chi connectivity index (χ0v) is 15.3. The number of hydrogen-bond donors (Lipinski definition) is 2. The van der Waals surface area contributed by atoms with Crippen molar-refractivity contribution in [2.75, 3.05) is 13.1 Å². The predicted octanol–water partition coefficient (Wildman–Crippen LogP) is 3.63. The first-order valence-corrected chi connectivity index (χ1v) is 9.55. The van der Waals surface area contributed by atoms with Crippen molar-refractivity contribution in [3.05, 3.63) is 65.2 Å². The van der Waals surface area contributed by atoms with Crippen molar-refractivity contribution >= 4 is 5.91 Å². The van der Waals surface area contributed by atoms with Crippen LogP contribution in [0.3, 0.4) is 0 Å². The third-order valence-electron chi connectivity index (χ3n) is 5.05. The van der Waals surface area contributed by atoms with E-state index in [1.807, 2.05) is 18.2 Å². The number of aromatic hydroxyl groups is 1. The van der Waals surface area contributed by atoms with Crippen LogP contribution in [0.1, 0.15) is 42.4 Å². The molecule has 4 heteroatoms. The highest BCUT2D eigenvalue weighted by molar-refractivity contribution is 5.76. The Labute approximate surface area is 155 Å². The second-order valence-electron chi connectivity index (χ2n) is 7.01. The summed E-state index contributed by atoms with van der Waals surface area (Å²) in [5, 5.41) is 12.8. The van der Waals surface area contributed by atoms with Crippen LogP contribution in [0.25, 0.3) is 0 Å². The molecule has 0 saturated carbocycles. The average molecular weight is 352 g/mol. The highest BCUT2D eigenvalue weighted by Gasteiger charge is 2.13. The van der Waals surface area contributed by atoms with E-state index in [0.29, 0.717) is 19.4 Å². The van der Waals surface area contributed by atoms with Gasteiger partial charge in [0.05, 0.1) is 0 Å². The molecule has 26 heavy (non-hydrogen) atoms. The van der Waals surface area contributed by atoms with Crippen LogP contribution in [-0.4, -0.2) is 29.0 Å². The summed E-state index contributed by atoms with van der Waals surface area (Å²) in [4.78, 5) is 14.7. The third kappa shape index (κ3) is 5.33. The van der Waals surface area contributed by atoms with Gasteiger partial charge in [0, 0.05) is 19.5 Å². The lowest BCUT2D eigenvalue weighted by Crippen LogP contribution is -2.30. The van der Waals surface area contributed by atoms with Crippen LogP contribution in [0.15, 0.2) is 48.5 Å². The molecule has 1 aliphatic rings. The van der Waals surface area contributed by atoms with Crippen molar-refractivity contribution in [2.24, 2.45) is 0 Å². The van der Waals surface area contributed by atoms with Crippen molar-refractivity contribution in [2.45, 2.75) is 45.2 Å². The van der Waals surface area contributed by atoms with Crippen LogP contribution in [0.2, 0.25) is 0 Å². The third-order valence-corrected chi connectivity index (χ3v) is 5.05. The van der Waals surface area contributed by atoms with E-state index < -0.39 is 0 Å². The molecule has 2 aromatic rings. The van der Waals surface area contributed by atoms with Gasteiger partial charge in [-0.25, -0.2) is 0 Å². The summed E-state index contributed by atoms with van der Waals surface area (Å²) >= 11 is 0. The number of carbonyl (C=O) groups is 1. The van der Waals surface area contributed by atoms with E-state index in [9.17, 15) is 9.90 Å². The van der Waals surface area contributed by atoms with Crippen molar-refractivity contribution in [1.29, 1.82) is 0 Å². The molecule has 0 bridgehead atoms. The zero-order chi connectivity index (χ0) is 18.2. The largest absolute Gasteiger partial charge is 0.508 e. The van der Waals surface area contributed by atoms with Gasteiger partial charge in [0.15, 0.2) is 0 Å². The normalized spacial score (nSPS) is 14.9. The first kappa shape index (κ1) is 18.5. The molecule has 1 aliphatic heterocycles. The van der Waals surface area contributed by atoms with Crippen LogP contribution in [-0.2, 0) is 24.3 Å². The highest BCUT2D eigenvalue weighted by atomic mass is 16.3. The summed E-state index contributed by atoms with van der Waals surface area (Å²) < 4.78 is 0. The Balaban J connectivity index is 1.51. The van der Waals surface area contributed by atoms with Gasteiger partial charge in [-0.1, -0.05) is 48.9 Å². The Morgan fingerprint density at radius 3 is 2.31 bits per heavy atom. The number of nitrogens with one attached hydrogen (secondary N) is 1. The Morgan fingerprint density at radius 1 is 0.923 bits per heavy atom. The molecule has 1 fully saturated rings. The number of para-hydroxylation sites is 1. The average Bonchev–Trinajstić information content (AvgIpc) is 2.67. The number of likely N-dealkylation sites (tertiary alicyclic amines) is 1. The minimum atomic E-state index is 0.0148. The van der Waals surface area contributed by atoms with Gasteiger partial charge in [0.1, 0.15) is 5.75 Å². The molecule has 0 spiro atoms. The SMILES string of the molecule is O=C(CCc1ccccc1O)NCc1ccccc1CN1CCCCC1. The van der Waals surface area contributed by atoms with Gasteiger partial charge in [-0.2, -0.15) is 0 Å². The molecule has 1 amide bonds. The van der Waals surface area contributed by atoms with E-state index in [1.54, 1.807) is 12.1 Å². The smallest absolute Gasteiger partial charge is 0.220 e. The van der Waals surface area contributed by atoms with Gasteiger partial charge in [0.2, 0.25) is 5.91 Å². The Bertz CT molecular complexity index is 724. The van der Waals surface area contributed by atoms with Gasteiger partial charge in [-0.05, 0) is 55.1 Å². The van der Waals surface area contributed by atoms with Crippen LogP contribution < -0.4 is 5.32 Å². The van der Waals surface area contributed by atoms with Gasteiger partial charge >= 0.3 is 0 Å². The minimum Gasteiger partial charge on any atom is -0.508 e. The van der Waals surface area contributed by atoms with E-state index in [2.05, 4.69) is 28.4 Å². The summed E-state index contributed by atoms with van der Waals surface area (Å²) in [7, 11) is 0. The van der Waals surface area contributed by atoms with E-state index in [1.165, 1.54) is 43.5 Å². The second kappa shape index (κ2) is 9.39. The fraction of sp³-hybridized carbons (Fsp3) is 0.409. The maximum absolute atomic E-state index is 12.2. The minimum absolute atomic E-state index is 0.0148. The standard InChI is InChI=1S/C22H28N2O2/c25-21-11-5-4-8-18(21)12-13-22(26)23-16-19-9-2-3-10-20(19)17-24-14-6-1-7-15-24/h2-5,8-11,25H,1,6-7,12-17H2,(H,23,26). The molecule has 138 valence electrons. The number of carbonyl (C=O) groups excluding carboxylic acids is 1. The fourth-order valence-corrected chi connectivity index (χ4v) is 3.50. The lowest BCUT2D eigenvalue weighted by atomic mass is 10.0. The highest BCUT2D eigenvalue weighted by Crippen LogP contribution is 2.18. The van der Waals surface area contributed by atoms with Gasteiger partial charge in [0.25, 0.3) is 0 Å². The zero-order valence-electron chi connectivity index (χ0n) is 15.3. The molecule has 0 aliphatic carbocycles. The number of piperidine rings is 1. The first-order valence-electron chi connectivity index (χ1n) is 9.55. The number of benzene rings is 2. The molecule has 0 unspecified atom stereocenters. The molecular formula is C22H28N2O2. The van der Waals surface area contributed by atoms with Gasteiger partial charge < -0.3 is 10.4 Å². The maximum atomic E-state index is 12.2. The molecule has 4 nitrogen and oxygen atoms in total. The lowest BCUT2D eigenvalue weighted by molar-refractivity contribution is -0.121. The van der Waals surface area contributed by atoms with Crippen LogP contribution in [0.4, 0.5) is 0 Å². The molecule has 2 aromatic carbocycles. The molecule has 0 aromatic heterocycles. The first-order chi connectivity index (χ1) is 12.7. The van der Waals surface area contributed by atoms with Crippen molar-refractivity contribution in [1.82, 2.24) is 10.2 Å². The quantitative estimate of drug-likeness (QED) is 0.800. The van der Waals surface area contributed by atoms with Crippen LogP contribution in [0, 0.1) is 0 Å². The van der Waals surface area contributed by atoms with E-state index in [-0.39, 0.29) is 11.7 Å². The van der Waals surface area contributed by atoms with E-state index in [0.717, 1.165) is 12.1 Å². The molecule has 0 atom stereocenters. The van der Waals surface area contributed by atoms with E-state index >= 15 is 0 Å². The Kier molecular flexibility index (Phi) is 6.67. The van der Waals surface area contributed by atoms with Crippen LogP contribution >= 0.6 is 0 Å². The lowest BCUT2D eigenvalue weighted by Gasteiger charge is -2.27. The van der Waals surface area contributed by atoms with Gasteiger partial charge in [-0.15, -0.1) is 0 Å². The number of phenols is 1. The molecule has 2 N–H and O–H groups in total. The van der Waals surface area contributed by atoms with E-state index in [4.69, 9.17) is 0 Å². The Hall–Kier alpha value is -2.33. The van der Waals surface area contributed by atoms with Crippen LogP contribution in [0.5, 0.6) is 5.75 Å². The second-order valence-corrected chi connectivity index (χ2v) is 7.01. The van der Waals surface area contributed by atoms with Crippen molar-refractivity contribution < 1.29 is 9.90 Å². The molecule has 3 rings (SSSR count). The molecule has 1 saturated heterocycles. The summed E-state index contributed by atoms with van der Waals surface area (Å²) in [6.45, 7) is 3.86. The summed E-state index contributed by atoms with van der Waals surface area (Å²) in [5.74, 6) is 0.271. The number of rotatable bonds is 7. The number of aryl methyl sites for hydroxylation is 1.